The maximum Gasteiger partial charge on any atom is 0.0621 e. The van der Waals surface area contributed by atoms with E-state index >= 15 is 0 Å². The second-order valence-corrected chi connectivity index (χ2v) is 4.36. The number of benzene rings is 1. The van der Waals surface area contributed by atoms with Crippen molar-refractivity contribution in [2.75, 3.05) is 23.3 Å². The largest absolute Gasteiger partial charge is 0.371 e. The van der Waals surface area contributed by atoms with Gasteiger partial charge >= 0.3 is 0 Å². The van der Waals surface area contributed by atoms with Crippen molar-refractivity contribution in [1.29, 1.82) is 0 Å². The molecule has 0 spiro atoms. The van der Waals surface area contributed by atoms with Crippen LogP contribution in [0.4, 0.5) is 11.4 Å². The van der Waals surface area contributed by atoms with E-state index in [0.29, 0.717) is 5.03 Å². The van der Waals surface area contributed by atoms with Crippen molar-refractivity contribution >= 4 is 24.0 Å². The summed E-state index contributed by atoms with van der Waals surface area (Å²) in [5.41, 5.74) is 2.34. The molecule has 1 aliphatic heterocycles. The topological polar surface area (TPSA) is 15.3 Å². The molecule has 0 aromatic heterocycles. The Hall–Kier alpha value is -1.09. The Labute approximate surface area is 96.4 Å². The van der Waals surface area contributed by atoms with E-state index in [1.54, 1.807) is 0 Å². The minimum absolute atomic E-state index is 0.675. The highest BCUT2D eigenvalue weighted by atomic mass is 32.1. The van der Waals surface area contributed by atoms with E-state index in [0.717, 1.165) is 5.69 Å². The average Bonchev–Trinajstić information content (AvgIpc) is 2.69. The predicted octanol–water partition coefficient (Wildman–Crippen LogP) is 3.10. The molecular weight excluding hydrogens is 204 g/mol. The first-order chi connectivity index (χ1) is 7.25. The SMILES string of the molecule is C=C(S)Nc1cccc(N2CCCC2)c1. The number of anilines is 2. The number of nitrogens with one attached hydrogen (secondary N) is 1. The van der Waals surface area contributed by atoms with Crippen LogP contribution in [-0.4, -0.2) is 13.1 Å². The summed E-state index contributed by atoms with van der Waals surface area (Å²) >= 11 is 4.13. The molecule has 0 unspecified atom stereocenters. The van der Waals surface area contributed by atoms with Crippen molar-refractivity contribution in [2.24, 2.45) is 0 Å². The Balaban J connectivity index is 2.14. The van der Waals surface area contributed by atoms with Gasteiger partial charge in [0.05, 0.1) is 5.03 Å². The monoisotopic (exact) mass is 220 g/mol. The van der Waals surface area contributed by atoms with Crippen LogP contribution in [0, 0.1) is 0 Å². The van der Waals surface area contributed by atoms with Gasteiger partial charge in [0.2, 0.25) is 0 Å². The number of nitrogens with zero attached hydrogens (tertiary/aromatic N) is 1. The Morgan fingerprint density at radius 1 is 1.33 bits per heavy atom. The molecule has 0 bridgehead atoms. The lowest BCUT2D eigenvalue weighted by atomic mass is 10.2. The molecule has 0 aliphatic carbocycles. The third kappa shape index (κ3) is 2.69. The van der Waals surface area contributed by atoms with Crippen molar-refractivity contribution in [3.63, 3.8) is 0 Å². The quantitative estimate of drug-likeness (QED) is 0.761. The fraction of sp³-hybridized carbons (Fsp3) is 0.333. The molecule has 1 N–H and O–H groups in total. The van der Waals surface area contributed by atoms with Gasteiger partial charge in [0.15, 0.2) is 0 Å². The van der Waals surface area contributed by atoms with E-state index in [1.807, 2.05) is 6.07 Å². The summed E-state index contributed by atoms with van der Waals surface area (Å²) in [7, 11) is 0. The molecule has 15 heavy (non-hydrogen) atoms. The maximum atomic E-state index is 4.13. The minimum atomic E-state index is 0.675. The van der Waals surface area contributed by atoms with Crippen LogP contribution in [0.2, 0.25) is 0 Å². The summed E-state index contributed by atoms with van der Waals surface area (Å²) in [6.07, 6.45) is 2.61. The van der Waals surface area contributed by atoms with Gasteiger partial charge in [-0.15, -0.1) is 12.6 Å². The van der Waals surface area contributed by atoms with E-state index in [-0.39, 0.29) is 0 Å². The molecule has 1 aromatic carbocycles. The number of rotatable bonds is 3. The molecule has 2 nitrogen and oxygen atoms in total. The molecule has 3 heteroatoms. The van der Waals surface area contributed by atoms with E-state index < -0.39 is 0 Å². The lowest BCUT2D eigenvalue weighted by Crippen LogP contribution is -2.17. The summed E-state index contributed by atoms with van der Waals surface area (Å²) < 4.78 is 0. The smallest absolute Gasteiger partial charge is 0.0621 e. The summed E-state index contributed by atoms with van der Waals surface area (Å²) in [5.74, 6) is 0. The highest BCUT2D eigenvalue weighted by Gasteiger charge is 2.11. The molecule has 2 rings (SSSR count). The van der Waals surface area contributed by atoms with Crippen LogP contribution in [0.3, 0.4) is 0 Å². The Kier molecular flexibility index (Phi) is 3.21. The normalized spacial score (nSPS) is 15.4. The highest BCUT2D eigenvalue weighted by molar-refractivity contribution is 7.84. The first kappa shape index (κ1) is 10.4. The molecule has 0 saturated carbocycles. The maximum absolute atomic E-state index is 4.13. The zero-order chi connectivity index (χ0) is 10.7. The van der Waals surface area contributed by atoms with Gasteiger partial charge < -0.3 is 10.2 Å². The van der Waals surface area contributed by atoms with E-state index in [9.17, 15) is 0 Å². The molecule has 0 atom stereocenters. The minimum Gasteiger partial charge on any atom is -0.371 e. The average molecular weight is 220 g/mol. The molecule has 1 fully saturated rings. The summed E-state index contributed by atoms with van der Waals surface area (Å²) in [6.45, 7) is 6.06. The van der Waals surface area contributed by atoms with Crippen LogP contribution >= 0.6 is 12.6 Å². The third-order valence-electron chi connectivity index (χ3n) is 2.61. The molecule has 1 aliphatic rings. The first-order valence-electron chi connectivity index (χ1n) is 5.25. The van der Waals surface area contributed by atoms with Crippen LogP contribution in [0.5, 0.6) is 0 Å². The van der Waals surface area contributed by atoms with Gasteiger partial charge in [0.25, 0.3) is 0 Å². The van der Waals surface area contributed by atoms with Crippen molar-refractivity contribution in [3.8, 4) is 0 Å². The summed E-state index contributed by atoms with van der Waals surface area (Å²) in [6, 6.07) is 8.39. The van der Waals surface area contributed by atoms with E-state index in [4.69, 9.17) is 0 Å². The van der Waals surface area contributed by atoms with Crippen molar-refractivity contribution in [3.05, 3.63) is 35.9 Å². The summed E-state index contributed by atoms with van der Waals surface area (Å²) in [5, 5.41) is 3.79. The molecule has 0 amide bonds. The predicted molar refractivity (Wildman–Crippen MR) is 69.6 cm³/mol. The Morgan fingerprint density at radius 2 is 2.07 bits per heavy atom. The van der Waals surface area contributed by atoms with Gasteiger partial charge in [-0.25, -0.2) is 0 Å². The fourth-order valence-electron chi connectivity index (χ4n) is 1.92. The number of hydrogen-bond acceptors (Lipinski definition) is 3. The van der Waals surface area contributed by atoms with E-state index in [1.165, 1.54) is 31.6 Å². The van der Waals surface area contributed by atoms with Crippen LogP contribution in [0.15, 0.2) is 35.9 Å². The third-order valence-corrected chi connectivity index (χ3v) is 2.72. The van der Waals surface area contributed by atoms with Gasteiger partial charge in [-0.2, -0.15) is 0 Å². The molecule has 1 aromatic rings. The van der Waals surface area contributed by atoms with Gasteiger partial charge in [-0.1, -0.05) is 12.6 Å². The first-order valence-corrected chi connectivity index (χ1v) is 5.70. The molecule has 1 heterocycles. The molecular formula is C12H16N2S. The van der Waals surface area contributed by atoms with Crippen molar-refractivity contribution in [2.45, 2.75) is 12.8 Å². The van der Waals surface area contributed by atoms with Crippen LogP contribution in [-0.2, 0) is 0 Å². The molecule has 80 valence electrons. The van der Waals surface area contributed by atoms with Crippen molar-refractivity contribution < 1.29 is 0 Å². The summed E-state index contributed by atoms with van der Waals surface area (Å²) in [4.78, 5) is 2.41. The molecule has 1 saturated heterocycles. The lowest BCUT2D eigenvalue weighted by molar-refractivity contribution is 0.949. The number of hydrogen-bond donors (Lipinski definition) is 2. The van der Waals surface area contributed by atoms with Crippen LogP contribution in [0.1, 0.15) is 12.8 Å². The molecule has 0 radical (unpaired) electrons. The van der Waals surface area contributed by atoms with Crippen LogP contribution < -0.4 is 10.2 Å². The second-order valence-electron chi connectivity index (χ2n) is 3.82. The van der Waals surface area contributed by atoms with E-state index in [2.05, 4.69) is 47.6 Å². The van der Waals surface area contributed by atoms with Gasteiger partial charge in [0, 0.05) is 24.5 Å². The lowest BCUT2D eigenvalue weighted by Gasteiger charge is -2.18. The Bertz CT molecular complexity index is 356. The number of thiol groups is 1. The zero-order valence-electron chi connectivity index (χ0n) is 8.74. The van der Waals surface area contributed by atoms with Gasteiger partial charge in [0.1, 0.15) is 0 Å². The van der Waals surface area contributed by atoms with Crippen molar-refractivity contribution in [1.82, 2.24) is 0 Å². The standard InChI is InChI=1S/C12H16N2S/c1-10(15)13-11-5-4-6-12(9-11)14-7-2-3-8-14/h4-6,9,13,15H,1-3,7-8H2. The fourth-order valence-corrected chi connectivity index (χ4v) is 2.05. The second kappa shape index (κ2) is 4.62. The Morgan fingerprint density at radius 3 is 2.73 bits per heavy atom. The highest BCUT2D eigenvalue weighted by Crippen LogP contribution is 2.23. The van der Waals surface area contributed by atoms with Gasteiger partial charge in [-0.3, -0.25) is 0 Å². The zero-order valence-corrected chi connectivity index (χ0v) is 9.63. The van der Waals surface area contributed by atoms with Crippen LogP contribution in [0.25, 0.3) is 0 Å². The van der Waals surface area contributed by atoms with Gasteiger partial charge in [-0.05, 0) is 31.0 Å².